The molecule has 19 heavy (non-hydrogen) atoms. The van der Waals surface area contributed by atoms with Crippen LogP contribution in [0.4, 0.5) is 0 Å². The van der Waals surface area contributed by atoms with Gasteiger partial charge in [0.25, 0.3) is 0 Å². The van der Waals surface area contributed by atoms with Crippen LogP contribution in [0.25, 0.3) is 0 Å². The molecule has 1 unspecified atom stereocenters. The second kappa shape index (κ2) is 7.45. The minimum atomic E-state index is -0.479. The summed E-state index contributed by atoms with van der Waals surface area (Å²) in [7, 11) is 0. The van der Waals surface area contributed by atoms with Gasteiger partial charge in [-0.2, -0.15) is 0 Å². The molecule has 0 amide bonds. The Balaban J connectivity index is 1.71. The van der Waals surface area contributed by atoms with Crippen molar-refractivity contribution in [2.75, 3.05) is 39.5 Å². The van der Waals surface area contributed by atoms with Crippen molar-refractivity contribution in [1.82, 2.24) is 4.90 Å². The van der Waals surface area contributed by atoms with Gasteiger partial charge >= 0.3 is 0 Å². The quantitative estimate of drug-likeness (QED) is 0.771. The van der Waals surface area contributed by atoms with E-state index in [9.17, 15) is 5.11 Å². The van der Waals surface area contributed by atoms with E-state index in [4.69, 9.17) is 15.2 Å². The van der Waals surface area contributed by atoms with E-state index in [1.54, 1.807) is 0 Å². The number of aliphatic hydroxyl groups is 1. The standard InChI is InChI=1S/C14H22N2O3/c15-9-12-1-3-14(4-2-12)19-11-13(17)10-16-5-7-18-8-6-16/h1-4,13,17H,5-11,15H2. The Hall–Kier alpha value is -1.14. The summed E-state index contributed by atoms with van der Waals surface area (Å²) in [6.45, 7) is 4.70. The van der Waals surface area contributed by atoms with E-state index in [-0.39, 0.29) is 0 Å². The van der Waals surface area contributed by atoms with Crippen LogP contribution < -0.4 is 10.5 Å². The highest BCUT2D eigenvalue weighted by Crippen LogP contribution is 2.12. The van der Waals surface area contributed by atoms with Crippen molar-refractivity contribution in [3.8, 4) is 5.75 Å². The van der Waals surface area contributed by atoms with Gasteiger partial charge in [0.1, 0.15) is 18.5 Å². The molecule has 1 aliphatic heterocycles. The smallest absolute Gasteiger partial charge is 0.119 e. The number of benzene rings is 1. The molecule has 1 fully saturated rings. The molecule has 0 bridgehead atoms. The first-order chi connectivity index (χ1) is 9.28. The average molecular weight is 266 g/mol. The van der Waals surface area contributed by atoms with Crippen molar-refractivity contribution < 1.29 is 14.6 Å². The van der Waals surface area contributed by atoms with Crippen LogP contribution in [0.5, 0.6) is 5.75 Å². The molecule has 0 aromatic heterocycles. The number of hydrogen-bond acceptors (Lipinski definition) is 5. The van der Waals surface area contributed by atoms with Gasteiger partial charge in [0, 0.05) is 26.2 Å². The molecule has 1 aromatic carbocycles. The van der Waals surface area contributed by atoms with Crippen molar-refractivity contribution >= 4 is 0 Å². The molecule has 0 saturated carbocycles. The van der Waals surface area contributed by atoms with Crippen molar-refractivity contribution in [1.29, 1.82) is 0 Å². The Morgan fingerprint density at radius 1 is 1.26 bits per heavy atom. The zero-order chi connectivity index (χ0) is 13.5. The van der Waals surface area contributed by atoms with Gasteiger partial charge in [-0.15, -0.1) is 0 Å². The van der Waals surface area contributed by atoms with Gasteiger partial charge in [0.05, 0.1) is 13.2 Å². The van der Waals surface area contributed by atoms with Crippen molar-refractivity contribution in [2.45, 2.75) is 12.6 Å². The highest BCUT2D eigenvalue weighted by molar-refractivity contribution is 5.27. The maximum atomic E-state index is 9.94. The van der Waals surface area contributed by atoms with Gasteiger partial charge < -0.3 is 20.3 Å². The summed E-state index contributed by atoms with van der Waals surface area (Å²) in [4.78, 5) is 2.19. The minimum Gasteiger partial charge on any atom is -0.491 e. The Labute approximate surface area is 113 Å². The third-order valence-electron chi connectivity index (χ3n) is 3.17. The summed E-state index contributed by atoms with van der Waals surface area (Å²) in [5.74, 6) is 0.762. The second-order valence-electron chi connectivity index (χ2n) is 4.73. The van der Waals surface area contributed by atoms with E-state index >= 15 is 0 Å². The zero-order valence-corrected chi connectivity index (χ0v) is 11.1. The Bertz CT molecular complexity index is 363. The fraction of sp³-hybridized carbons (Fsp3) is 0.571. The van der Waals surface area contributed by atoms with Gasteiger partial charge in [-0.3, -0.25) is 4.90 Å². The van der Waals surface area contributed by atoms with E-state index in [0.717, 1.165) is 37.6 Å². The third-order valence-corrected chi connectivity index (χ3v) is 3.17. The summed E-state index contributed by atoms with van der Waals surface area (Å²) in [6, 6.07) is 7.63. The fourth-order valence-corrected chi connectivity index (χ4v) is 2.05. The molecule has 1 saturated heterocycles. The largest absolute Gasteiger partial charge is 0.491 e. The third kappa shape index (κ3) is 4.80. The minimum absolute atomic E-state index is 0.305. The number of aliphatic hydroxyl groups excluding tert-OH is 1. The predicted molar refractivity (Wildman–Crippen MR) is 73.1 cm³/mol. The number of β-amino-alcohol motifs (C(OH)–C–C–N with tert-alkyl or cyclic N) is 1. The van der Waals surface area contributed by atoms with Crippen molar-refractivity contribution in [3.05, 3.63) is 29.8 Å². The fourth-order valence-electron chi connectivity index (χ4n) is 2.05. The molecule has 1 aliphatic rings. The van der Waals surface area contributed by atoms with E-state index in [1.807, 2.05) is 24.3 Å². The highest BCUT2D eigenvalue weighted by atomic mass is 16.5. The molecule has 3 N–H and O–H groups in total. The molecule has 0 aliphatic carbocycles. The van der Waals surface area contributed by atoms with Crippen LogP contribution in [-0.2, 0) is 11.3 Å². The van der Waals surface area contributed by atoms with Crippen LogP contribution in [0.2, 0.25) is 0 Å². The van der Waals surface area contributed by atoms with Crippen molar-refractivity contribution in [3.63, 3.8) is 0 Å². The molecule has 1 atom stereocenters. The first kappa shape index (κ1) is 14.3. The molecule has 2 rings (SSSR count). The summed E-state index contributed by atoms with van der Waals surface area (Å²) in [5.41, 5.74) is 6.60. The normalized spacial score (nSPS) is 18.2. The molecule has 106 valence electrons. The lowest BCUT2D eigenvalue weighted by Gasteiger charge is -2.28. The molecule has 0 radical (unpaired) electrons. The molecule has 5 heteroatoms. The van der Waals surface area contributed by atoms with Gasteiger partial charge in [-0.05, 0) is 17.7 Å². The molecular weight excluding hydrogens is 244 g/mol. The van der Waals surface area contributed by atoms with Gasteiger partial charge in [-0.1, -0.05) is 12.1 Å². The molecule has 5 nitrogen and oxygen atoms in total. The van der Waals surface area contributed by atoms with Crippen LogP contribution in [0.1, 0.15) is 5.56 Å². The summed E-state index contributed by atoms with van der Waals surface area (Å²) >= 11 is 0. The number of ether oxygens (including phenoxy) is 2. The topological polar surface area (TPSA) is 68.0 Å². The summed E-state index contributed by atoms with van der Waals surface area (Å²) in [5, 5.41) is 9.94. The first-order valence-corrected chi connectivity index (χ1v) is 6.68. The first-order valence-electron chi connectivity index (χ1n) is 6.68. The Morgan fingerprint density at radius 3 is 2.58 bits per heavy atom. The lowest BCUT2D eigenvalue weighted by molar-refractivity contribution is 0.00465. The van der Waals surface area contributed by atoms with Crippen LogP contribution in [0.3, 0.4) is 0 Å². The van der Waals surface area contributed by atoms with Crippen LogP contribution >= 0.6 is 0 Å². The lowest BCUT2D eigenvalue weighted by Crippen LogP contribution is -2.42. The monoisotopic (exact) mass is 266 g/mol. The highest BCUT2D eigenvalue weighted by Gasteiger charge is 2.15. The maximum absolute atomic E-state index is 9.94. The average Bonchev–Trinajstić information content (AvgIpc) is 2.47. The molecule has 1 heterocycles. The lowest BCUT2D eigenvalue weighted by atomic mass is 10.2. The van der Waals surface area contributed by atoms with Crippen LogP contribution in [0.15, 0.2) is 24.3 Å². The number of rotatable bonds is 6. The summed E-state index contributed by atoms with van der Waals surface area (Å²) < 4.78 is 10.8. The number of morpholine rings is 1. The van der Waals surface area contributed by atoms with Crippen LogP contribution in [0, 0.1) is 0 Å². The summed E-state index contributed by atoms with van der Waals surface area (Å²) in [6.07, 6.45) is -0.479. The van der Waals surface area contributed by atoms with E-state index in [0.29, 0.717) is 19.7 Å². The van der Waals surface area contributed by atoms with E-state index < -0.39 is 6.10 Å². The number of nitrogens with two attached hydrogens (primary N) is 1. The molecule has 0 spiro atoms. The molecule has 1 aromatic rings. The Kier molecular flexibility index (Phi) is 5.60. The number of nitrogens with zero attached hydrogens (tertiary/aromatic N) is 1. The van der Waals surface area contributed by atoms with Crippen LogP contribution in [-0.4, -0.2) is 55.6 Å². The van der Waals surface area contributed by atoms with E-state index in [1.165, 1.54) is 0 Å². The van der Waals surface area contributed by atoms with Crippen molar-refractivity contribution in [2.24, 2.45) is 5.73 Å². The maximum Gasteiger partial charge on any atom is 0.119 e. The predicted octanol–water partition coefficient (Wildman–Crippen LogP) is 0.217. The second-order valence-corrected chi connectivity index (χ2v) is 4.73. The van der Waals surface area contributed by atoms with Gasteiger partial charge in [-0.25, -0.2) is 0 Å². The van der Waals surface area contributed by atoms with Gasteiger partial charge in [0.15, 0.2) is 0 Å². The molecular formula is C14H22N2O3. The zero-order valence-electron chi connectivity index (χ0n) is 11.1. The van der Waals surface area contributed by atoms with Gasteiger partial charge in [0.2, 0.25) is 0 Å². The van der Waals surface area contributed by atoms with E-state index in [2.05, 4.69) is 4.90 Å². The Morgan fingerprint density at radius 2 is 1.95 bits per heavy atom. The SMILES string of the molecule is NCc1ccc(OCC(O)CN2CCOCC2)cc1. The number of hydrogen-bond donors (Lipinski definition) is 2.